The summed E-state index contributed by atoms with van der Waals surface area (Å²) in [6, 6.07) is 0. The maximum atomic E-state index is 11.6. The molecule has 1 fully saturated rings. The third-order valence-corrected chi connectivity index (χ3v) is 3.30. The van der Waals surface area contributed by atoms with Crippen molar-refractivity contribution in [3.05, 3.63) is 0 Å². The van der Waals surface area contributed by atoms with Crippen molar-refractivity contribution in [1.29, 1.82) is 0 Å². The second kappa shape index (κ2) is 5.60. The molecule has 0 atom stereocenters. The van der Waals surface area contributed by atoms with Gasteiger partial charge >= 0.3 is 0 Å². The number of aliphatic hydroxyl groups excluding tert-OH is 1. The largest absolute Gasteiger partial charge is 0.395 e. The Morgan fingerprint density at radius 3 is 2.25 bits per heavy atom. The molecule has 0 radical (unpaired) electrons. The summed E-state index contributed by atoms with van der Waals surface area (Å²) in [4.78, 5) is 15.2. The molecule has 1 saturated heterocycles. The van der Waals surface area contributed by atoms with Gasteiger partial charge in [0.1, 0.15) is 5.75 Å². The van der Waals surface area contributed by atoms with E-state index in [4.69, 9.17) is 5.11 Å². The van der Waals surface area contributed by atoms with Crippen molar-refractivity contribution in [3.63, 3.8) is 0 Å². The van der Waals surface area contributed by atoms with Gasteiger partial charge in [0.2, 0.25) is 5.91 Å². The molecule has 1 aliphatic heterocycles. The van der Waals surface area contributed by atoms with Crippen LogP contribution in [0.25, 0.3) is 0 Å². The second-order valence-electron chi connectivity index (χ2n) is 4.02. The first-order valence-corrected chi connectivity index (χ1v) is 7.27. The van der Waals surface area contributed by atoms with Crippen LogP contribution in [0.1, 0.15) is 0 Å². The monoisotopic (exact) mass is 250 g/mol. The Morgan fingerprint density at radius 1 is 1.25 bits per heavy atom. The summed E-state index contributed by atoms with van der Waals surface area (Å²) in [6.45, 7) is 3.17. The lowest BCUT2D eigenvalue weighted by atomic mass is 10.3. The van der Waals surface area contributed by atoms with Crippen LogP contribution in [0.3, 0.4) is 0 Å². The lowest BCUT2D eigenvalue weighted by Gasteiger charge is -2.34. The summed E-state index contributed by atoms with van der Waals surface area (Å²) in [5.74, 6) is -0.737. The maximum Gasteiger partial charge on any atom is 0.237 e. The van der Waals surface area contributed by atoms with Gasteiger partial charge in [0.25, 0.3) is 0 Å². The molecule has 0 aromatic heterocycles. The van der Waals surface area contributed by atoms with Crippen LogP contribution in [0.2, 0.25) is 0 Å². The van der Waals surface area contributed by atoms with Crippen molar-refractivity contribution in [3.8, 4) is 0 Å². The summed E-state index contributed by atoms with van der Waals surface area (Å²) in [5.41, 5.74) is 0. The molecule has 16 heavy (non-hydrogen) atoms. The molecule has 7 heteroatoms. The predicted molar refractivity (Wildman–Crippen MR) is 59.8 cm³/mol. The highest BCUT2D eigenvalue weighted by Gasteiger charge is 2.22. The summed E-state index contributed by atoms with van der Waals surface area (Å²) in [7, 11) is -3.24. The Balaban J connectivity index is 2.39. The molecular formula is C9H18N2O4S. The average molecular weight is 250 g/mol. The van der Waals surface area contributed by atoms with Gasteiger partial charge < -0.3 is 10.0 Å². The Hall–Kier alpha value is -0.660. The zero-order valence-electron chi connectivity index (χ0n) is 9.42. The van der Waals surface area contributed by atoms with E-state index in [9.17, 15) is 13.2 Å². The van der Waals surface area contributed by atoms with Crippen molar-refractivity contribution < 1.29 is 18.3 Å². The normalized spacial score (nSPS) is 18.8. The lowest BCUT2D eigenvalue weighted by Crippen LogP contribution is -2.50. The SMILES string of the molecule is CS(=O)(=O)CC(=O)N1CCN(CCO)CC1. The quantitative estimate of drug-likeness (QED) is 0.635. The van der Waals surface area contributed by atoms with Crippen molar-refractivity contribution in [2.75, 3.05) is 51.3 Å². The average Bonchev–Trinajstić information content (AvgIpc) is 2.16. The Kier molecular flexibility index (Phi) is 4.69. The van der Waals surface area contributed by atoms with Crippen LogP contribution in [-0.4, -0.2) is 80.6 Å². The van der Waals surface area contributed by atoms with Crippen molar-refractivity contribution in [2.24, 2.45) is 0 Å². The summed E-state index contributed by atoms with van der Waals surface area (Å²) in [6.07, 6.45) is 1.06. The number of hydrogen-bond donors (Lipinski definition) is 1. The third kappa shape index (κ3) is 4.46. The predicted octanol–water partition coefficient (Wildman–Crippen LogP) is -1.83. The van der Waals surface area contributed by atoms with E-state index < -0.39 is 15.6 Å². The van der Waals surface area contributed by atoms with Gasteiger partial charge in [-0.25, -0.2) is 8.42 Å². The molecule has 0 aliphatic carbocycles. The molecule has 0 spiro atoms. The molecule has 94 valence electrons. The molecule has 0 aromatic carbocycles. The number of sulfone groups is 1. The van der Waals surface area contributed by atoms with Crippen molar-refractivity contribution >= 4 is 15.7 Å². The van der Waals surface area contributed by atoms with Gasteiger partial charge in [-0.05, 0) is 0 Å². The highest BCUT2D eigenvalue weighted by molar-refractivity contribution is 7.91. The fraction of sp³-hybridized carbons (Fsp3) is 0.889. The Labute approximate surface area is 95.8 Å². The number of amides is 1. The van der Waals surface area contributed by atoms with E-state index in [1.165, 1.54) is 0 Å². The number of nitrogens with zero attached hydrogens (tertiary/aromatic N) is 2. The van der Waals surface area contributed by atoms with Crippen LogP contribution in [0.4, 0.5) is 0 Å². The molecule has 1 rings (SSSR count). The van der Waals surface area contributed by atoms with Crippen molar-refractivity contribution in [1.82, 2.24) is 9.80 Å². The van der Waals surface area contributed by atoms with E-state index in [1.54, 1.807) is 4.90 Å². The van der Waals surface area contributed by atoms with E-state index in [1.807, 2.05) is 4.90 Å². The summed E-state index contributed by atoms with van der Waals surface area (Å²) >= 11 is 0. The first kappa shape index (κ1) is 13.4. The highest BCUT2D eigenvalue weighted by atomic mass is 32.2. The van der Waals surface area contributed by atoms with Crippen LogP contribution in [0.15, 0.2) is 0 Å². The molecule has 6 nitrogen and oxygen atoms in total. The van der Waals surface area contributed by atoms with E-state index >= 15 is 0 Å². The standard InChI is InChI=1S/C9H18N2O4S/c1-16(14,15)8-9(13)11-4-2-10(3-5-11)6-7-12/h12H,2-8H2,1H3. The van der Waals surface area contributed by atoms with Gasteiger partial charge in [0.05, 0.1) is 6.61 Å². The fourth-order valence-corrected chi connectivity index (χ4v) is 2.31. The molecular weight excluding hydrogens is 232 g/mol. The summed E-state index contributed by atoms with van der Waals surface area (Å²) < 4.78 is 21.9. The van der Waals surface area contributed by atoms with Crippen molar-refractivity contribution in [2.45, 2.75) is 0 Å². The van der Waals surface area contributed by atoms with Gasteiger partial charge in [-0.2, -0.15) is 0 Å². The van der Waals surface area contributed by atoms with Crippen LogP contribution in [0.5, 0.6) is 0 Å². The van der Waals surface area contributed by atoms with E-state index in [0.717, 1.165) is 6.26 Å². The fourth-order valence-electron chi connectivity index (χ4n) is 1.68. The van der Waals surface area contributed by atoms with E-state index in [-0.39, 0.29) is 12.5 Å². The number of carbonyl (C=O) groups is 1. The van der Waals surface area contributed by atoms with Crippen LogP contribution in [-0.2, 0) is 14.6 Å². The number of rotatable bonds is 4. The van der Waals surface area contributed by atoms with Crippen LogP contribution in [0, 0.1) is 0 Å². The van der Waals surface area contributed by atoms with Gasteiger partial charge in [-0.1, -0.05) is 0 Å². The van der Waals surface area contributed by atoms with Gasteiger partial charge in [-0.3, -0.25) is 9.69 Å². The van der Waals surface area contributed by atoms with E-state index in [2.05, 4.69) is 0 Å². The minimum absolute atomic E-state index is 0.108. The minimum atomic E-state index is -3.24. The topological polar surface area (TPSA) is 77.9 Å². The van der Waals surface area contributed by atoms with Gasteiger partial charge in [0, 0.05) is 39.0 Å². The first-order chi connectivity index (χ1) is 7.42. The third-order valence-electron chi connectivity index (χ3n) is 2.53. The molecule has 1 amide bonds. The maximum absolute atomic E-state index is 11.6. The Bertz CT molecular complexity index is 333. The highest BCUT2D eigenvalue weighted by Crippen LogP contribution is 2.02. The summed E-state index contributed by atoms with van der Waals surface area (Å²) in [5, 5.41) is 8.74. The first-order valence-electron chi connectivity index (χ1n) is 5.21. The smallest absolute Gasteiger partial charge is 0.237 e. The molecule has 0 bridgehead atoms. The lowest BCUT2D eigenvalue weighted by molar-refractivity contribution is -0.130. The van der Waals surface area contributed by atoms with E-state index in [0.29, 0.717) is 32.7 Å². The second-order valence-corrected chi connectivity index (χ2v) is 6.16. The zero-order valence-corrected chi connectivity index (χ0v) is 10.2. The number of carbonyl (C=O) groups excluding carboxylic acids is 1. The van der Waals surface area contributed by atoms with Crippen LogP contribution >= 0.6 is 0 Å². The molecule has 0 aromatic rings. The number of aliphatic hydroxyl groups is 1. The molecule has 1 aliphatic rings. The van der Waals surface area contributed by atoms with Gasteiger partial charge in [0.15, 0.2) is 9.84 Å². The molecule has 1 N–H and O–H groups in total. The van der Waals surface area contributed by atoms with Crippen LogP contribution < -0.4 is 0 Å². The van der Waals surface area contributed by atoms with Gasteiger partial charge in [-0.15, -0.1) is 0 Å². The number of β-amino-alcohol motifs (C(OH)–C–C–N with tert-alkyl or cyclic N) is 1. The minimum Gasteiger partial charge on any atom is -0.395 e. The molecule has 0 unspecified atom stereocenters. The molecule has 1 heterocycles. The Morgan fingerprint density at radius 2 is 1.81 bits per heavy atom. The molecule has 0 saturated carbocycles. The zero-order chi connectivity index (χ0) is 12.2. The number of hydrogen-bond acceptors (Lipinski definition) is 5. The number of piperazine rings is 1.